The van der Waals surface area contributed by atoms with Gasteiger partial charge in [-0.25, -0.2) is 0 Å². The van der Waals surface area contributed by atoms with Gasteiger partial charge < -0.3 is 10.1 Å². The molecule has 7 heteroatoms. The first-order chi connectivity index (χ1) is 10.2. The topological polar surface area (TPSA) is 81.9 Å². The number of carbonyl (C=O) groups is 1. The lowest BCUT2D eigenvalue weighted by Crippen LogP contribution is -2.33. The van der Waals surface area contributed by atoms with Crippen molar-refractivity contribution in [3.05, 3.63) is 30.1 Å². The minimum atomic E-state index is -0.383. The van der Waals surface area contributed by atoms with E-state index in [9.17, 15) is 4.79 Å². The van der Waals surface area contributed by atoms with E-state index < -0.39 is 0 Å². The number of carbonyl (C=O) groups excluding carboxylic acids is 1. The number of hydrogen-bond donors (Lipinski definition) is 1. The minimum absolute atomic E-state index is 0.142. The van der Waals surface area contributed by atoms with Gasteiger partial charge in [0.25, 0.3) is 5.91 Å². The number of aryl methyl sites for hydroxylation is 1. The molecular formula is C14H17N5O2. The molecule has 1 N–H and O–H groups in total. The summed E-state index contributed by atoms with van der Waals surface area (Å²) in [5.41, 5.74) is 0.826. The summed E-state index contributed by atoms with van der Waals surface area (Å²) >= 11 is 0. The van der Waals surface area contributed by atoms with Crippen LogP contribution in [0.1, 0.15) is 25.0 Å². The number of amides is 1. The Morgan fingerprint density at radius 3 is 2.95 bits per heavy atom. The van der Waals surface area contributed by atoms with Crippen molar-refractivity contribution in [3.63, 3.8) is 0 Å². The first-order valence-electron chi connectivity index (χ1n) is 7.01. The lowest BCUT2D eigenvalue weighted by molar-refractivity contribution is -0.130. The molecule has 1 amide bonds. The van der Waals surface area contributed by atoms with E-state index in [2.05, 4.69) is 20.6 Å². The second kappa shape index (κ2) is 6.01. The summed E-state index contributed by atoms with van der Waals surface area (Å²) in [5, 5.41) is 15.1. The van der Waals surface area contributed by atoms with Crippen molar-refractivity contribution in [2.45, 2.75) is 32.3 Å². The Labute approximate surface area is 122 Å². The molecule has 7 nitrogen and oxygen atoms in total. The van der Waals surface area contributed by atoms with Crippen molar-refractivity contribution in [3.8, 4) is 5.82 Å². The van der Waals surface area contributed by atoms with E-state index in [1.807, 2.05) is 19.1 Å². The van der Waals surface area contributed by atoms with Gasteiger partial charge in [0.1, 0.15) is 11.9 Å². The molecule has 1 saturated heterocycles. The van der Waals surface area contributed by atoms with Crippen LogP contribution in [0.15, 0.2) is 24.4 Å². The van der Waals surface area contributed by atoms with Gasteiger partial charge in [-0.15, -0.1) is 5.10 Å². The van der Waals surface area contributed by atoms with Crippen LogP contribution in [-0.2, 0) is 9.53 Å². The van der Waals surface area contributed by atoms with E-state index in [-0.39, 0.29) is 12.0 Å². The van der Waals surface area contributed by atoms with Gasteiger partial charge in [-0.3, -0.25) is 4.79 Å². The van der Waals surface area contributed by atoms with E-state index in [4.69, 9.17) is 4.74 Å². The molecule has 2 aromatic heterocycles. The summed E-state index contributed by atoms with van der Waals surface area (Å²) < 4.78 is 7.03. The smallest absolute Gasteiger partial charge is 0.254 e. The number of rotatable bonds is 3. The second-order valence-corrected chi connectivity index (χ2v) is 5.01. The maximum Gasteiger partial charge on any atom is 0.254 e. The highest BCUT2D eigenvalue weighted by Crippen LogP contribution is 2.17. The molecule has 1 aliphatic heterocycles. The molecule has 0 radical (unpaired) electrons. The standard InChI is InChI=1S/C14H17N5O2/c1-10-5-6-13(18-17-10)19-12(7-8-15-19)16-14(20)11-4-2-3-9-21-11/h5-8,11H,2-4,9H2,1H3,(H,16,20). The Morgan fingerprint density at radius 2 is 2.24 bits per heavy atom. The second-order valence-electron chi connectivity index (χ2n) is 5.01. The number of anilines is 1. The van der Waals surface area contributed by atoms with Gasteiger partial charge in [-0.1, -0.05) is 0 Å². The van der Waals surface area contributed by atoms with E-state index >= 15 is 0 Å². The average Bonchev–Trinajstić information content (AvgIpc) is 2.97. The molecule has 21 heavy (non-hydrogen) atoms. The van der Waals surface area contributed by atoms with Crippen LogP contribution in [0.25, 0.3) is 5.82 Å². The van der Waals surface area contributed by atoms with Crippen LogP contribution in [-0.4, -0.2) is 38.6 Å². The van der Waals surface area contributed by atoms with Gasteiger partial charge in [-0.2, -0.15) is 14.9 Å². The number of ether oxygens (including phenoxy) is 1. The third-order valence-corrected chi connectivity index (χ3v) is 3.37. The molecule has 1 unspecified atom stereocenters. The largest absolute Gasteiger partial charge is 0.368 e. The predicted octanol–water partition coefficient (Wildman–Crippen LogP) is 1.48. The first-order valence-corrected chi connectivity index (χ1v) is 7.01. The van der Waals surface area contributed by atoms with E-state index in [1.165, 1.54) is 0 Å². The zero-order valence-corrected chi connectivity index (χ0v) is 11.8. The maximum absolute atomic E-state index is 12.2. The predicted molar refractivity (Wildman–Crippen MR) is 76.1 cm³/mol. The summed E-state index contributed by atoms with van der Waals surface area (Å²) in [4.78, 5) is 12.2. The van der Waals surface area contributed by atoms with Gasteiger partial charge in [0.05, 0.1) is 11.9 Å². The molecule has 2 aromatic rings. The van der Waals surface area contributed by atoms with Crippen molar-refractivity contribution < 1.29 is 9.53 Å². The molecule has 110 valence electrons. The fourth-order valence-corrected chi connectivity index (χ4v) is 2.24. The van der Waals surface area contributed by atoms with Gasteiger partial charge in [-0.05, 0) is 38.3 Å². The maximum atomic E-state index is 12.2. The third kappa shape index (κ3) is 3.08. The third-order valence-electron chi connectivity index (χ3n) is 3.37. The fourth-order valence-electron chi connectivity index (χ4n) is 2.24. The molecule has 0 spiro atoms. The highest BCUT2D eigenvalue weighted by atomic mass is 16.5. The number of hydrogen-bond acceptors (Lipinski definition) is 5. The lowest BCUT2D eigenvalue weighted by Gasteiger charge is -2.21. The zero-order valence-electron chi connectivity index (χ0n) is 11.8. The molecular weight excluding hydrogens is 270 g/mol. The number of nitrogens with zero attached hydrogens (tertiary/aromatic N) is 4. The Balaban J connectivity index is 1.76. The summed E-state index contributed by atoms with van der Waals surface area (Å²) in [5.74, 6) is 0.981. The van der Waals surface area contributed by atoms with Crippen LogP contribution in [0.5, 0.6) is 0 Å². The van der Waals surface area contributed by atoms with Crippen molar-refractivity contribution in [2.24, 2.45) is 0 Å². The normalized spacial score (nSPS) is 18.4. The van der Waals surface area contributed by atoms with E-state index in [1.54, 1.807) is 16.9 Å². The highest BCUT2D eigenvalue weighted by molar-refractivity contribution is 5.93. The van der Waals surface area contributed by atoms with Crippen LogP contribution in [0, 0.1) is 6.92 Å². The molecule has 1 aliphatic rings. The van der Waals surface area contributed by atoms with Crippen LogP contribution >= 0.6 is 0 Å². The minimum Gasteiger partial charge on any atom is -0.368 e. The van der Waals surface area contributed by atoms with Crippen LogP contribution < -0.4 is 5.32 Å². The average molecular weight is 287 g/mol. The number of nitrogens with one attached hydrogen (secondary N) is 1. The summed E-state index contributed by atoms with van der Waals surface area (Å²) in [6.45, 7) is 2.50. The van der Waals surface area contributed by atoms with Crippen molar-refractivity contribution in [1.82, 2.24) is 20.0 Å². The van der Waals surface area contributed by atoms with E-state index in [0.29, 0.717) is 18.2 Å². The molecule has 3 rings (SSSR count). The molecule has 1 fully saturated rings. The van der Waals surface area contributed by atoms with Crippen LogP contribution in [0.4, 0.5) is 5.82 Å². The van der Waals surface area contributed by atoms with Gasteiger partial charge in [0.2, 0.25) is 0 Å². The quantitative estimate of drug-likeness (QED) is 0.924. The molecule has 1 atom stereocenters. The van der Waals surface area contributed by atoms with Crippen molar-refractivity contribution in [2.75, 3.05) is 11.9 Å². The van der Waals surface area contributed by atoms with E-state index in [0.717, 1.165) is 25.0 Å². The zero-order chi connectivity index (χ0) is 14.7. The molecule has 0 aliphatic carbocycles. The molecule has 0 bridgehead atoms. The highest BCUT2D eigenvalue weighted by Gasteiger charge is 2.23. The lowest BCUT2D eigenvalue weighted by atomic mass is 10.1. The molecule has 0 aromatic carbocycles. The first kappa shape index (κ1) is 13.7. The van der Waals surface area contributed by atoms with Gasteiger partial charge in [0, 0.05) is 12.7 Å². The van der Waals surface area contributed by atoms with Crippen LogP contribution in [0.2, 0.25) is 0 Å². The fraction of sp³-hybridized carbons (Fsp3) is 0.429. The monoisotopic (exact) mass is 287 g/mol. The van der Waals surface area contributed by atoms with Gasteiger partial charge in [0.15, 0.2) is 5.82 Å². The Kier molecular flexibility index (Phi) is 3.92. The van der Waals surface area contributed by atoms with Crippen LogP contribution in [0.3, 0.4) is 0 Å². The summed E-state index contributed by atoms with van der Waals surface area (Å²) in [6, 6.07) is 5.38. The molecule has 0 saturated carbocycles. The molecule has 3 heterocycles. The Morgan fingerprint density at radius 1 is 1.33 bits per heavy atom. The van der Waals surface area contributed by atoms with Gasteiger partial charge >= 0.3 is 0 Å². The van der Waals surface area contributed by atoms with Crippen molar-refractivity contribution >= 4 is 11.7 Å². The number of aromatic nitrogens is 4. The van der Waals surface area contributed by atoms with Crippen molar-refractivity contribution in [1.29, 1.82) is 0 Å². The Hall–Kier alpha value is -2.28. The SMILES string of the molecule is Cc1ccc(-n2nccc2NC(=O)C2CCCCO2)nn1. The summed E-state index contributed by atoms with van der Waals surface area (Å²) in [7, 11) is 0. The Bertz CT molecular complexity index is 617. The summed E-state index contributed by atoms with van der Waals surface area (Å²) in [6.07, 6.45) is 4.01.